The molecule has 2 saturated heterocycles. The number of aryl methyl sites for hydroxylation is 2. The third kappa shape index (κ3) is 13.5. The van der Waals surface area contributed by atoms with Crippen molar-refractivity contribution in [3.05, 3.63) is 167 Å². The fraction of sp³-hybridized carbons (Fsp3) is 0.323. The van der Waals surface area contributed by atoms with E-state index in [1.54, 1.807) is 0 Å². The van der Waals surface area contributed by atoms with Gasteiger partial charge in [0.15, 0.2) is 0 Å². The van der Waals surface area contributed by atoms with Crippen molar-refractivity contribution in [3.63, 3.8) is 0 Å². The van der Waals surface area contributed by atoms with Crippen LogP contribution in [-0.4, -0.2) is 97.4 Å². The van der Waals surface area contributed by atoms with Crippen molar-refractivity contribution in [3.8, 4) is 0 Å². The number of rotatable bonds is 5. The van der Waals surface area contributed by atoms with Crippen LogP contribution in [0.4, 0.5) is 0 Å². The number of carbonyl (C=O) groups is 6. The molecule has 79 heavy (non-hydrogen) atoms. The number of nitrogens with zero attached hydrogens (tertiary/aromatic N) is 3. The molecule has 2 fully saturated rings. The number of hydrogen-bond donors (Lipinski definition) is 3. The SMILES string of the molecule is CC(=O)OOC(C)=O.CCn1c2ccccc2c2cc(C=O)ccc21.CCn1c2ccccc2c2cc(CN3CCC4(CC3)CNC(=O)c3ccccc34)ccc21.O=C1NCC2(CCNCC2)c2ccccc21.[B-]OC(C)=O.[Na+]. The fourth-order valence-corrected chi connectivity index (χ4v) is 11.5. The summed E-state index contributed by atoms with van der Waals surface area (Å²) in [5, 5.41) is 14.6. The Hall–Kier alpha value is -7.08. The summed E-state index contributed by atoms with van der Waals surface area (Å²) in [6.07, 6.45) is 5.30. The molecule has 3 N–H and O–H groups in total. The van der Waals surface area contributed by atoms with Crippen molar-refractivity contribution >= 4 is 87.7 Å². The summed E-state index contributed by atoms with van der Waals surface area (Å²) < 4.78 is 8.30. The van der Waals surface area contributed by atoms with E-state index in [1.165, 1.54) is 61.8 Å². The van der Waals surface area contributed by atoms with Crippen LogP contribution in [0, 0.1) is 0 Å². The molecule has 6 aromatic carbocycles. The summed E-state index contributed by atoms with van der Waals surface area (Å²) in [6, 6.07) is 46.2. The molecule has 4 aliphatic rings. The van der Waals surface area contributed by atoms with E-state index in [-0.39, 0.29) is 52.2 Å². The summed E-state index contributed by atoms with van der Waals surface area (Å²) in [5.74, 6) is -1.58. The van der Waals surface area contributed by atoms with Gasteiger partial charge in [0.05, 0.1) is 0 Å². The van der Waals surface area contributed by atoms with Gasteiger partial charge in [0.25, 0.3) is 11.8 Å². The molecule has 0 unspecified atom stereocenters. The second-order valence-corrected chi connectivity index (χ2v) is 20.1. The number of aldehydes is 1. The maximum absolute atomic E-state index is 12.3. The molecular formula is C62H67BN6NaO9. The first-order valence-electron chi connectivity index (χ1n) is 26.6. The van der Waals surface area contributed by atoms with E-state index < -0.39 is 17.9 Å². The van der Waals surface area contributed by atoms with Crippen LogP contribution in [-0.2, 0) is 59.3 Å². The molecule has 0 aliphatic carbocycles. The Bertz CT molecular complexity index is 3470. The molecule has 6 heterocycles. The predicted octanol–water partition coefficient (Wildman–Crippen LogP) is 6.43. The van der Waals surface area contributed by atoms with Crippen LogP contribution >= 0.6 is 0 Å². The maximum atomic E-state index is 12.3. The van der Waals surface area contributed by atoms with Gasteiger partial charge in [-0.15, -0.1) is 0 Å². The monoisotopic (exact) mass is 1070 g/mol. The second kappa shape index (κ2) is 27.2. The Balaban J connectivity index is 0.000000163. The topological polar surface area (TPSA) is 179 Å². The number of fused-ring (bicyclic) bond motifs is 10. The van der Waals surface area contributed by atoms with Crippen molar-refractivity contribution in [2.24, 2.45) is 0 Å². The molecule has 2 spiro atoms. The van der Waals surface area contributed by atoms with E-state index in [0.717, 1.165) is 127 Å². The molecule has 17 heteroatoms. The maximum Gasteiger partial charge on any atom is 1.00 e. The Labute approximate surface area is 484 Å². The van der Waals surface area contributed by atoms with Crippen molar-refractivity contribution in [1.82, 2.24) is 30.0 Å². The van der Waals surface area contributed by atoms with Gasteiger partial charge in [-0.3, -0.25) is 24.1 Å². The van der Waals surface area contributed by atoms with E-state index in [9.17, 15) is 28.8 Å². The Morgan fingerprint density at radius 3 is 1.47 bits per heavy atom. The number of hydrogen-bond acceptors (Lipinski definition) is 11. The minimum atomic E-state index is -0.639. The average molecular weight is 1070 g/mol. The fourth-order valence-electron chi connectivity index (χ4n) is 11.5. The van der Waals surface area contributed by atoms with Gasteiger partial charge < -0.3 is 37.8 Å². The molecule has 0 saturated carbocycles. The molecule has 3 radical (unpaired) electrons. The minimum Gasteiger partial charge on any atom is -0.793 e. The molecule has 4 aliphatic heterocycles. The van der Waals surface area contributed by atoms with Crippen LogP contribution in [0.2, 0.25) is 0 Å². The van der Waals surface area contributed by atoms with Gasteiger partial charge in [-0.2, -0.15) is 0 Å². The van der Waals surface area contributed by atoms with Crippen LogP contribution in [0.5, 0.6) is 0 Å². The van der Waals surface area contributed by atoms with Gasteiger partial charge in [-0.25, -0.2) is 19.4 Å². The first kappa shape index (κ1) is 59.6. The van der Waals surface area contributed by atoms with Gasteiger partial charge >= 0.3 is 41.5 Å². The number of para-hydroxylation sites is 2. The van der Waals surface area contributed by atoms with E-state index in [0.29, 0.717) is 0 Å². The number of likely N-dealkylation sites (tertiary alicyclic amines) is 1. The Morgan fingerprint density at radius 2 is 1.00 bits per heavy atom. The number of amides is 2. The smallest absolute Gasteiger partial charge is 0.793 e. The molecular weight excluding hydrogens is 1010 g/mol. The summed E-state index contributed by atoms with van der Waals surface area (Å²) in [7, 11) is 4.32. The third-order valence-corrected chi connectivity index (χ3v) is 15.3. The Kier molecular flexibility index (Phi) is 20.5. The number of piperidine rings is 2. The number of benzene rings is 6. The zero-order valence-electron chi connectivity index (χ0n) is 46.1. The van der Waals surface area contributed by atoms with E-state index in [1.807, 2.05) is 60.7 Å². The summed E-state index contributed by atoms with van der Waals surface area (Å²) in [4.78, 5) is 74.3. The summed E-state index contributed by atoms with van der Waals surface area (Å²) >= 11 is 0. The molecule has 15 nitrogen and oxygen atoms in total. The van der Waals surface area contributed by atoms with Crippen LogP contribution in [0.1, 0.15) is 108 Å². The number of aromatic nitrogens is 2. The minimum absolute atomic E-state index is 0. The van der Waals surface area contributed by atoms with E-state index in [2.05, 4.69) is 139 Å². The van der Waals surface area contributed by atoms with E-state index >= 15 is 0 Å². The standard InChI is InChI=1S/C28H29N3O.C15H13NO.C13H16N2O.C4H6O4.C2H3BO2.Na/c1-2-31-25-10-6-4-7-21(25)23-17-20(11-12-26(23)31)18-30-15-13-28(14-16-30)19-29-27(32)22-8-3-5-9-24(22)28;1-2-16-14-6-4-3-5-12(14)13-9-11(10-17)7-8-15(13)16;16-12-10-3-1-2-4-11(10)13(9-15-12)5-7-14-8-6-13;1-3(5)7-8-4(2)6;1-2(4)5-3;/h3-12,17H,2,13-16,18-19H2,1H3,(H,29,32);3-10H,2H2,1H3;1-4,14H,5-9H2,(H,15,16);1-2H3;1H3;/q;;;;-1;+1. The molecule has 403 valence electrons. The van der Waals surface area contributed by atoms with Gasteiger partial charge in [-0.05, 0) is 137 Å². The van der Waals surface area contributed by atoms with Crippen molar-refractivity contribution < 1.29 is 72.8 Å². The third-order valence-electron chi connectivity index (χ3n) is 15.3. The van der Waals surface area contributed by atoms with Gasteiger partial charge in [0, 0.05) is 125 Å². The Morgan fingerprint density at radius 1 is 0.570 bits per heavy atom. The normalized spacial score (nSPS) is 15.6. The van der Waals surface area contributed by atoms with Crippen LogP contribution in [0.25, 0.3) is 43.6 Å². The quantitative estimate of drug-likeness (QED) is 0.0749. The molecule has 0 atom stereocenters. The summed E-state index contributed by atoms with van der Waals surface area (Å²) in [6.45, 7) is 16.5. The number of nitrogens with one attached hydrogen (secondary N) is 3. The van der Waals surface area contributed by atoms with E-state index in [4.69, 9.17) is 0 Å². The molecule has 12 rings (SSSR count). The van der Waals surface area contributed by atoms with Crippen LogP contribution < -0.4 is 45.5 Å². The largest absolute Gasteiger partial charge is 1.00 e. The summed E-state index contributed by atoms with van der Waals surface area (Å²) in [5.41, 5.74) is 11.7. The van der Waals surface area contributed by atoms with Crippen LogP contribution in [0.3, 0.4) is 0 Å². The van der Waals surface area contributed by atoms with Crippen molar-refractivity contribution in [1.29, 1.82) is 0 Å². The van der Waals surface area contributed by atoms with Crippen molar-refractivity contribution in [2.45, 2.75) is 90.8 Å². The predicted molar refractivity (Wildman–Crippen MR) is 304 cm³/mol. The second-order valence-electron chi connectivity index (χ2n) is 20.1. The van der Waals surface area contributed by atoms with Gasteiger partial charge in [-0.1, -0.05) is 78.9 Å². The molecule has 2 amide bonds. The first-order valence-corrected chi connectivity index (χ1v) is 26.6. The number of carbonyl (C=O) groups excluding carboxylic acids is 6. The zero-order valence-corrected chi connectivity index (χ0v) is 48.1. The van der Waals surface area contributed by atoms with Crippen LogP contribution in [0.15, 0.2) is 133 Å². The van der Waals surface area contributed by atoms with Crippen molar-refractivity contribution in [2.75, 3.05) is 39.3 Å². The molecule has 2 aromatic heterocycles. The zero-order chi connectivity index (χ0) is 55.4. The van der Waals surface area contributed by atoms with Gasteiger partial charge in [0.1, 0.15) is 6.29 Å². The first-order chi connectivity index (χ1) is 37.7. The van der Waals surface area contributed by atoms with Gasteiger partial charge in [0.2, 0.25) is 5.97 Å². The molecule has 0 bridgehead atoms. The average Bonchev–Trinajstić information content (AvgIpc) is 4.16. The molecule has 8 aromatic rings.